The van der Waals surface area contributed by atoms with Crippen molar-refractivity contribution in [2.45, 2.75) is 37.7 Å². The second-order valence-corrected chi connectivity index (χ2v) is 11.9. The van der Waals surface area contributed by atoms with Crippen molar-refractivity contribution in [3.63, 3.8) is 0 Å². The smallest absolute Gasteiger partial charge is 0.218 e. The molecular formula is C25H31BrN2O3S. The van der Waals surface area contributed by atoms with Gasteiger partial charge in [0.2, 0.25) is 10.0 Å². The molecule has 0 bridgehead atoms. The maximum Gasteiger partial charge on any atom is 0.218 e. The van der Waals surface area contributed by atoms with Crippen LogP contribution in [0.4, 0.5) is 0 Å². The van der Waals surface area contributed by atoms with Crippen molar-refractivity contribution in [3.05, 3.63) is 82.3 Å². The second kappa shape index (κ2) is 10.4. The number of aliphatic hydroxyl groups excluding tert-OH is 1. The average molecular weight is 520 g/mol. The lowest BCUT2D eigenvalue weighted by molar-refractivity contribution is 0.139. The van der Waals surface area contributed by atoms with Crippen molar-refractivity contribution in [1.29, 1.82) is 0 Å². The van der Waals surface area contributed by atoms with Crippen LogP contribution in [0.5, 0.6) is 0 Å². The van der Waals surface area contributed by atoms with E-state index in [1.54, 1.807) is 12.1 Å². The monoisotopic (exact) mass is 518 g/mol. The summed E-state index contributed by atoms with van der Waals surface area (Å²) >= 11 is 3.36. The van der Waals surface area contributed by atoms with Crippen LogP contribution in [0.2, 0.25) is 0 Å². The maximum atomic E-state index is 12.7. The van der Waals surface area contributed by atoms with E-state index in [1.807, 2.05) is 24.3 Å². The molecule has 0 saturated heterocycles. The number of likely N-dealkylation sites (N-methyl/N-ethyl adjacent to an activating group) is 1. The van der Waals surface area contributed by atoms with E-state index in [4.69, 9.17) is 0 Å². The first kappa shape index (κ1) is 24.9. The van der Waals surface area contributed by atoms with Crippen molar-refractivity contribution < 1.29 is 13.5 Å². The molecular weight excluding hydrogens is 488 g/mol. The zero-order chi connectivity index (χ0) is 23.4. The van der Waals surface area contributed by atoms with Crippen LogP contribution in [0.3, 0.4) is 0 Å². The Bertz CT molecular complexity index is 1160. The summed E-state index contributed by atoms with van der Waals surface area (Å²) in [5.74, 6) is -0.101. The third-order valence-electron chi connectivity index (χ3n) is 5.46. The lowest BCUT2D eigenvalue weighted by Gasteiger charge is -2.29. The van der Waals surface area contributed by atoms with Gasteiger partial charge in [-0.2, -0.15) is 0 Å². The molecule has 0 spiro atoms. The predicted octanol–water partition coefficient (Wildman–Crippen LogP) is 4.34. The normalized spacial score (nSPS) is 13.6. The van der Waals surface area contributed by atoms with Gasteiger partial charge in [-0.15, -0.1) is 0 Å². The van der Waals surface area contributed by atoms with Crippen LogP contribution >= 0.6 is 15.9 Å². The molecule has 0 radical (unpaired) electrons. The van der Waals surface area contributed by atoms with Gasteiger partial charge >= 0.3 is 0 Å². The molecule has 0 heterocycles. The summed E-state index contributed by atoms with van der Waals surface area (Å²) in [5.41, 5.74) is 1.66. The Morgan fingerprint density at radius 1 is 1.00 bits per heavy atom. The summed E-state index contributed by atoms with van der Waals surface area (Å²) < 4.78 is 27.4. The van der Waals surface area contributed by atoms with Crippen LogP contribution in [-0.2, 0) is 22.2 Å². The molecule has 0 aliphatic rings. The quantitative estimate of drug-likeness (QED) is 0.418. The molecule has 3 aromatic rings. The van der Waals surface area contributed by atoms with Gasteiger partial charge in [-0.3, -0.25) is 0 Å². The van der Waals surface area contributed by atoms with Gasteiger partial charge in [0.05, 0.1) is 11.9 Å². The zero-order valence-electron chi connectivity index (χ0n) is 18.8. The highest BCUT2D eigenvalue weighted by molar-refractivity contribution is 9.10. The molecule has 0 aromatic heterocycles. The summed E-state index contributed by atoms with van der Waals surface area (Å²) in [7, 11) is -2.01. The fourth-order valence-electron chi connectivity index (χ4n) is 3.74. The standard InChI is InChI=1S/C25H31BrN2O3S/c1-25(2,15-19-11-12-21-8-4-5-9-22(21)13-19)27-16-24(29)17-28(3)32(30,31)18-20-7-6-10-23(26)14-20/h4-14,24,27,29H,15-18H2,1-3H3. The van der Waals surface area contributed by atoms with Crippen LogP contribution in [-0.4, -0.2) is 49.6 Å². The Hall–Kier alpha value is -1.77. The minimum absolute atomic E-state index is 0.0371. The first-order valence-corrected chi connectivity index (χ1v) is 13.0. The van der Waals surface area contributed by atoms with Crippen molar-refractivity contribution in [3.8, 4) is 0 Å². The lowest BCUT2D eigenvalue weighted by atomic mass is 9.93. The molecule has 0 aliphatic carbocycles. The molecule has 1 atom stereocenters. The molecule has 2 N–H and O–H groups in total. The second-order valence-electron chi connectivity index (χ2n) is 8.94. The summed E-state index contributed by atoms with van der Waals surface area (Å²) in [4.78, 5) is 0. The summed E-state index contributed by atoms with van der Waals surface area (Å²) in [6, 6.07) is 22.0. The van der Waals surface area contributed by atoms with Crippen LogP contribution in [0.1, 0.15) is 25.0 Å². The molecule has 32 heavy (non-hydrogen) atoms. The van der Waals surface area contributed by atoms with Gasteiger partial charge in [0.25, 0.3) is 0 Å². The van der Waals surface area contributed by atoms with Crippen molar-refractivity contribution in [2.75, 3.05) is 20.1 Å². The number of benzene rings is 3. The molecule has 1 unspecified atom stereocenters. The summed E-state index contributed by atoms with van der Waals surface area (Å²) in [5, 5.41) is 16.3. The Balaban J connectivity index is 1.53. The summed E-state index contributed by atoms with van der Waals surface area (Å²) in [6.07, 6.45) is -0.0187. The number of nitrogens with zero attached hydrogens (tertiary/aromatic N) is 1. The maximum absolute atomic E-state index is 12.7. The van der Waals surface area contributed by atoms with Crippen LogP contribution in [0.15, 0.2) is 71.2 Å². The lowest BCUT2D eigenvalue weighted by Crippen LogP contribution is -2.47. The van der Waals surface area contributed by atoms with E-state index in [0.29, 0.717) is 12.1 Å². The van der Waals surface area contributed by atoms with E-state index >= 15 is 0 Å². The van der Waals surface area contributed by atoms with Gasteiger partial charge in [0, 0.05) is 30.1 Å². The highest BCUT2D eigenvalue weighted by atomic mass is 79.9. The van der Waals surface area contributed by atoms with E-state index in [0.717, 1.165) is 10.9 Å². The first-order chi connectivity index (χ1) is 15.0. The largest absolute Gasteiger partial charge is 0.390 e. The number of hydrogen-bond donors (Lipinski definition) is 2. The molecule has 0 saturated carbocycles. The van der Waals surface area contributed by atoms with E-state index in [1.165, 1.54) is 27.7 Å². The number of β-amino-alcohol motifs (C(OH)–C–C–N with tert-alkyl or cyclic N) is 1. The van der Waals surface area contributed by atoms with Gasteiger partial charge in [0.1, 0.15) is 0 Å². The minimum Gasteiger partial charge on any atom is -0.390 e. The third-order valence-corrected chi connectivity index (χ3v) is 7.75. The van der Waals surface area contributed by atoms with Gasteiger partial charge in [-0.25, -0.2) is 12.7 Å². The fraction of sp³-hybridized carbons (Fsp3) is 0.360. The Labute approximate surface area is 199 Å². The number of sulfonamides is 1. The van der Waals surface area contributed by atoms with Crippen molar-refractivity contribution in [1.82, 2.24) is 9.62 Å². The third kappa shape index (κ3) is 7.12. The van der Waals surface area contributed by atoms with E-state index in [-0.39, 0.29) is 17.8 Å². The zero-order valence-corrected chi connectivity index (χ0v) is 21.2. The molecule has 7 heteroatoms. The minimum atomic E-state index is -3.52. The highest BCUT2D eigenvalue weighted by Crippen LogP contribution is 2.20. The Morgan fingerprint density at radius 2 is 1.72 bits per heavy atom. The Kier molecular flexibility index (Phi) is 8.11. The number of rotatable bonds is 10. The summed E-state index contributed by atoms with van der Waals surface area (Å²) in [6.45, 7) is 4.51. The fourth-order valence-corrected chi connectivity index (χ4v) is 5.41. The average Bonchev–Trinajstić information content (AvgIpc) is 2.71. The highest BCUT2D eigenvalue weighted by Gasteiger charge is 2.24. The van der Waals surface area contributed by atoms with Crippen molar-refractivity contribution in [2.24, 2.45) is 0 Å². The van der Waals surface area contributed by atoms with Gasteiger partial charge in [-0.1, -0.05) is 70.5 Å². The van der Waals surface area contributed by atoms with E-state index in [9.17, 15) is 13.5 Å². The van der Waals surface area contributed by atoms with Crippen LogP contribution in [0, 0.1) is 0 Å². The van der Waals surface area contributed by atoms with Crippen LogP contribution < -0.4 is 5.32 Å². The predicted molar refractivity (Wildman–Crippen MR) is 135 cm³/mol. The van der Waals surface area contributed by atoms with Gasteiger partial charge in [-0.05, 0) is 54.3 Å². The molecule has 3 aromatic carbocycles. The van der Waals surface area contributed by atoms with Gasteiger partial charge in [0.15, 0.2) is 0 Å². The number of hydrogen-bond acceptors (Lipinski definition) is 4. The Morgan fingerprint density at radius 3 is 2.44 bits per heavy atom. The molecule has 3 rings (SSSR count). The number of nitrogens with one attached hydrogen (secondary N) is 1. The molecule has 0 aliphatic heterocycles. The van der Waals surface area contributed by atoms with E-state index < -0.39 is 16.1 Å². The van der Waals surface area contributed by atoms with Crippen molar-refractivity contribution >= 4 is 36.7 Å². The van der Waals surface area contributed by atoms with Gasteiger partial charge < -0.3 is 10.4 Å². The van der Waals surface area contributed by atoms with E-state index in [2.05, 4.69) is 65.4 Å². The number of aliphatic hydroxyl groups is 1. The SMILES string of the molecule is CN(CC(O)CNC(C)(C)Cc1ccc2ccccc2c1)S(=O)(=O)Cc1cccc(Br)c1. The molecule has 172 valence electrons. The number of halogens is 1. The molecule has 5 nitrogen and oxygen atoms in total. The first-order valence-electron chi connectivity index (χ1n) is 10.6. The number of fused-ring (bicyclic) bond motifs is 1. The topological polar surface area (TPSA) is 69.6 Å². The van der Waals surface area contributed by atoms with Crippen LogP contribution in [0.25, 0.3) is 10.8 Å². The molecule has 0 fully saturated rings. The molecule has 0 amide bonds.